The lowest BCUT2D eigenvalue weighted by atomic mass is 9.84. The smallest absolute Gasteiger partial charge is 0.350 e. The minimum Gasteiger partial charge on any atom is -0.377 e. The summed E-state index contributed by atoms with van der Waals surface area (Å²) >= 11 is 0. The number of nitrogens with zero attached hydrogens (tertiary/aromatic N) is 8. The fourth-order valence-corrected chi connectivity index (χ4v) is 4.82. The summed E-state index contributed by atoms with van der Waals surface area (Å²) in [6.45, 7) is 1.19. The van der Waals surface area contributed by atoms with E-state index in [2.05, 4.69) is 32.5 Å². The Balaban J connectivity index is 1.48. The number of hydrogen-bond acceptors (Lipinski definition) is 7. The summed E-state index contributed by atoms with van der Waals surface area (Å²) in [6.07, 6.45) is 6.92. The third-order valence-electron chi connectivity index (χ3n) is 7.05. The molecule has 1 fully saturated rings. The van der Waals surface area contributed by atoms with Gasteiger partial charge in [0.15, 0.2) is 5.60 Å². The first kappa shape index (κ1) is 25.7. The molecule has 0 radical (unpaired) electrons. The number of aliphatic hydroxyl groups is 1. The number of benzene rings is 1. The van der Waals surface area contributed by atoms with Crippen LogP contribution in [0, 0.1) is 17.6 Å². The molecule has 1 unspecified atom stereocenters. The zero-order valence-electron chi connectivity index (χ0n) is 20.3. The summed E-state index contributed by atoms with van der Waals surface area (Å²) in [6, 6.07) is 4.00. The highest BCUT2D eigenvalue weighted by Gasteiger charge is 2.58. The minimum absolute atomic E-state index is 0.0385. The van der Waals surface area contributed by atoms with E-state index in [1.165, 1.54) is 21.6 Å². The zero-order chi connectivity index (χ0) is 27.1. The Bertz CT molecular complexity index is 1460. The number of aromatic nitrogens is 8. The van der Waals surface area contributed by atoms with Gasteiger partial charge in [-0.05, 0) is 66.3 Å². The molecular weight excluding hydrogens is 508 g/mol. The molecular formula is C24H24F4N8O2. The minimum atomic E-state index is -4.20. The SMILES string of the molecule is CC1CCC(n2ncn(-c3ccc(C(F)(F)C(O)(Cn4cnnn4)c4ccc(F)cc4F)nc3)c2=O)CC1. The van der Waals surface area contributed by atoms with Gasteiger partial charge in [0.1, 0.15) is 30.0 Å². The van der Waals surface area contributed by atoms with Crippen molar-refractivity contribution in [3.05, 3.63) is 82.6 Å². The molecule has 3 aromatic heterocycles. The Labute approximate surface area is 213 Å². The molecule has 0 amide bonds. The summed E-state index contributed by atoms with van der Waals surface area (Å²) in [7, 11) is 0. The average molecular weight is 533 g/mol. The predicted octanol–water partition coefficient (Wildman–Crippen LogP) is 3.12. The van der Waals surface area contributed by atoms with Crippen molar-refractivity contribution in [1.29, 1.82) is 0 Å². The highest BCUT2D eigenvalue weighted by molar-refractivity contribution is 5.34. The molecule has 1 aliphatic rings. The van der Waals surface area contributed by atoms with Crippen molar-refractivity contribution >= 4 is 0 Å². The Morgan fingerprint density at radius 3 is 2.47 bits per heavy atom. The molecule has 38 heavy (non-hydrogen) atoms. The number of tetrazole rings is 1. The number of alkyl halides is 2. The van der Waals surface area contributed by atoms with Crippen molar-refractivity contribution in [2.24, 2.45) is 5.92 Å². The van der Waals surface area contributed by atoms with Gasteiger partial charge in [0.2, 0.25) is 0 Å². The first-order valence-corrected chi connectivity index (χ1v) is 12.0. The standard InChI is InChI=1S/C24H24F4N8O2/c1-15-2-5-17(6-3-15)36-22(37)35(14-31-36)18-7-9-21(29-11-18)24(27,28)23(38,12-34-13-30-32-33-34)19-8-4-16(25)10-20(19)26/h4,7-11,13-15,17,38H,2-3,5-6,12H2,1H3. The van der Waals surface area contributed by atoms with Gasteiger partial charge in [-0.25, -0.2) is 27.5 Å². The molecule has 10 nitrogen and oxygen atoms in total. The Kier molecular flexibility index (Phi) is 6.59. The summed E-state index contributed by atoms with van der Waals surface area (Å²) in [4.78, 5) is 16.8. The number of hydrogen-bond donors (Lipinski definition) is 1. The molecule has 4 aromatic rings. The Morgan fingerprint density at radius 2 is 1.84 bits per heavy atom. The maximum absolute atomic E-state index is 15.9. The van der Waals surface area contributed by atoms with Crippen LogP contribution in [0.2, 0.25) is 0 Å². The lowest BCUT2D eigenvalue weighted by Crippen LogP contribution is -2.48. The number of rotatable bonds is 7. The normalized spacial score (nSPS) is 19.8. The van der Waals surface area contributed by atoms with Crippen LogP contribution in [0.15, 0.2) is 54.0 Å². The molecule has 1 aromatic carbocycles. The maximum Gasteiger partial charge on any atom is 0.350 e. The molecule has 1 atom stereocenters. The molecule has 5 rings (SSSR count). The van der Waals surface area contributed by atoms with E-state index in [1.54, 1.807) is 0 Å². The second kappa shape index (κ2) is 9.74. The zero-order valence-corrected chi connectivity index (χ0v) is 20.3. The van der Waals surface area contributed by atoms with E-state index >= 15 is 8.78 Å². The molecule has 3 heterocycles. The number of halogens is 4. The van der Waals surface area contributed by atoms with Crippen molar-refractivity contribution in [1.82, 2.24) is 39.5 Å². The summed E-state index contributed by atoms with van der Waals surface area (Å²) in [5, 5.41) is 25.7. The van der Waals surface area contributed by atoms with Gasteiger partial charge in [-0.2, -0.15) is 13.9 Å². The molecule has 200 valence electrons. The Morgan fingerprint density at radius 1 is 1.08 bits per heavy atom. The summed E-state index contributed by atoms with van der Waals surface area (Å²) < 4.78 is 63.4. The van der Waals surface area contributed by atoms with Crippen molar-refractivity contribution < 1.29 is 22.7 Å². The number of pyridine rings is 1. The molecule has 0 spiro atoms. The molecule has 0 aliphatic heterocycles. The second-order valence-electron chi connectivity index (χ2n) is 9.61. The van der Waals surface area contributed by atoms with Crippen LogP contribution < -0.4 is 5.69 Å². The highest BCUT2D eigenvalue weighted by Crippen LogP contribution is 2.46. The van der Waals surface area contributed by atoms with E-state index < -0.39 is 46.6 Å². The predicted molar refractivity (Wildman–Crippen MR) is 124 cm³/mol. The van der Waals surface area contributed by atoms with Crippen molar-refractivity contribution in [2.75, 3.05) is 0 Å². The van der Waals surface area contributed by atoms with Gasteiger partial charge >= 0.3 is 11.6 Å². The van der Waals surface area contributed by atoms with Gasteiger partial charge in [-0.15, -0.1) is 5.10 Å². The lowest BCUT2D eigenvalue weighted by Gasteiger charge is -2.35. The fourth-order valence-electron chi connectivity index (χ4n) is 4.82. The third kappa shape index (κ3) is 4.48. The van der Waals surface area contributed by atoms with E-state index in [-0.39, 0.29) is 11.7 Å². The van der Waals surface area contributed by atoms with Gasteiger partial charge < -0.3 is 5.11 Å². The van der Waals surface area contributed by atoms with Crippen LogP contribution in [0.3, 0.4) is 0 Å². The van der Waals surface area contributed by atoms with E-state index in [4.69, 9.17) is 0 Å². The maximum atomic E-state index is 15.9. The molecule has 0 bridgehead atoms. The summed E-state index contributed by atoms with van der Waals surface area (Å²) in [5.41, 5.74) is -5.28. The molecule has 0 saturated heterocycles. The molecule has 1 N–H and O–H groups in total. The Hall–Kier alpha value is -3.94. The first-order chi connectivity index (χ1) is 18.1. The monoisotopic (exact) mass is 532 g/mol. The van der Waals surface area contributed by atoms with E-state index in [1.807, 2.05) is 0 Å². The van der Waals surface area contributed by atoms with Crippen LogP contribution in [0.4, 0.5) is 17.6 Å². The van der Waals surface area contributed by atoms with Crippen LogP contribution in [-0.2, 0) is 18.1 Å². The largest absolute Gasteiger partial charge is 0.377 e. The van der Waals surface area contributed by atoms with E-state index in [0.29, 0.717) is 12.0 Å². The summed E-state index contributed by atoms with van der Waals surface area (Å²) in [5.74, 6) is -6.00. The van der Waals surface area contributed by atoms with Crippen LogP contribution in [0.5, 0.6) is 0 Å². The average Bonchev–Trinajstić information content (AvgIpc) is 3.54. The van der Waals surface area contributed by atoms with Crippen molar-refractivity contribution in [3.8, 4) is 5.69 Å². The van der Waals surface area contributed by atoms with Crippen molar-refractivity contribution in [3.63, 3.8) is 0 Å². The highest BCUT2D eigenvalue weighted by atomic mass is 19.3. The quantitative estimate of drug-likeness (QED) is 0.364. The van der Waals surface area contributed by atoms with Gasteiger partial charge in [-0.3, -0.25) is 4.98 Å². The van der Waals surface area contributed by atoms with Gasteiger partial charge in [0.25, 0.3) is 0 Å². The molecule has 14 heteroatoms. The molecule has 1 aliphatic carbocycles. The topological polar surface area (TPSA) is 117 Å². The van der Waals surface area contributed by atoms with Crippen LogP contribution in [0.1, 0.15) is 49.9 Å². The van der Waals surface area contributed by atoms with Crippen LogP contribution in [-0.4, -0.2) is 44.6 Å². The van der Waals surface area contributed by atoms with Crippen molar-refractivity contribution in [2.45, 2.75) is 56.7 Å². The van der Waals surface area contributed by atoms with Gasteiger partial charge in [0, 0.05) is 11.6 Å². The lowest BCUT2D eigenvalue weighted by molar-refractivity contribution is -0.207. The fraction of sp³-hybridized carbons (Fsp3) is 0.417. The molecule has 1 saturated carbocycles. The first-order valence-electron chi connectivity index (χ1n) is 12.0. The van der Waals surface area contributed by atoms with Crippen LogP contribution >= 0.6 is 0 Å². The van der Waals surface area contributed by atoms with Gasteiger partial charge in [-0.1, -0.05) is 6.92 Å². The van der Waals surface area contributed by atoms with Gasteiger partial charge in [0.05, 0.1) is 24.5 Å². The van der Waals surface area contributed by atoms with E-state index in [9.17, 15) is 18.7 Å². The second-order valence-corrected chi connectivity index (χ2v) is 9.61. The van der Waals surface area contributed by atoms with E-state index in [0.717, 1.165) is 61.1 Å². The third-order valence-corrected chi connectivity index (χ3v) is 7.05. The van der Waals surface area contributed by atoms with Crippen LogP contribution in [0.25, 0.3) is 5.69 Å².